The van der Waals surface area contributed by atoms with E-state index >= 15 is 0 Å². The van der Waals surface area contributed by atoms with Crippen molar-refractivity contribution < 1.29 is 0 Å². The maximum absolute atomic E-state index is 6.06. The molecule has 0 atom stereocenters. The third-order valence-electron chi connectivity index (χ3n) is 2.43. The summed E-state index contributed by atoms with van der Waals surface area (Å²) in [5.74, 6) is 0.729. The van der Waals surface area contributed by atoms with Gasteiger partial charge in [0.2, 0.25) is 0 Å². The molecular formula is C9H12ClN. The third kappa shape index (κ3) is 1.35. The summed E-state index contributed by atoms with van der Waals surface area (Å²) in [6, 6.07) is 0. The lowest BCUT2D eigenvalue weighted by Crippen LogP contribution is -2.43. The Hall–Kier alpha value is -0.270. The Morgan fingerprint density at radius 1 is 1.45 bits per heavy atom. The minimum Gasteiger partial charge on any atom is -0.315 e. The Morgan fingerprint density at radius 3 is 2.82 bits per heavy atom. The van der Waals surface area contributed by atoms with Crippen LogP contribution >= 0.6 is 11.6 Å². The molecule has 11 heavy (non-hydrogen) atoms. The van der Waals surface area contributed by atoms with E-state index in [9.17, 15) is 0 Å². The number of rotatable bonds is 1. The van der Waals surface area contributed by atoms with Gasteiger partial charge in [0.05, 0.1) is 0 Å². The summed E-state index contributed by atoms with van der Waals surface area (Å²) in [6.07, 6.45) is 6.53. The molecule has 60 valence electrons. The highest BCUT2D eigenvalue weighted by molar-refractivity contribution is 6.31. The lowest BCUT2D eigenvalue weighted by Gasteiger charge is -2.31. The number of hydrogen-bond acceptors (Lipinski definition) is 1. The summed E-state index contributed by atoms with van der Waals surface area (Å²) in [6.45, 7) is 2.25. The van der Waals surface area contributed by atoms with E-state index in [0.29, 0.717) is 0 Å². The van der Waals surface area contributed by atoms with E-state index in [1.165, 1.54) is 18.4 Å². The van der Waals surface area contributed by atoms with Gasteiger partial charge in [-0.3, -0.25) is 0 Å². The molecule has 2 aliphatic rings. The number of hydrogen-bond donors (Lipinski definition) is 1. The normalized spacial score (nSPS) is 25.5. The van der Waals surface area contributed by atoms with Crippen molar-refractivity contribution in [2.24, 2.45) is 5.92 Å². The van der Waals surface area contributed by atoms with Crippen molar-refractivity contribution in [2.75, 3.05) is 13.1 Å². The molecule has 1 nitrogen and oxygen atoms in total. The Bertz CT molecular complexity index is 214. The van der Waals surface area contributed by atoms with Crippen molar-refractivity contribution >= 4 is 11.6 Å². The van der Waals surface area contributed by atoms with Crippen molar-refractivity contribution in [2.45, 2.75) is 12.8 Å². The highest BCUT2D eigenvalue weighted by atomic mass is 35.5. The van der Waals surface area contributed by atoms with Gasteiger partial charge < -0.3 is 5.32 Å². The lowest BCUT2D eigenvalue weighted by molar-refractivity contribution is 0.389. The predicted molar refractivity (Wildman–Crippen MR) is 47.6 cm³/mol. The van der Waals surface area contributed by atoms with Crippen LogP contribution in [-0.2, 0) is 0 Å². The quantitative estimate of drug-likeness (QED) is 0.634. The fraction of sp³-hybridized carbons (Fsp3) is 0.556. The second kappa shape index (κ2) is 3.00. The second-order valence-electron chi connectivity index (χ2n) is 3.17. The molecule has 1 N–H and O–H groups in total. The monoisotopic (exact) mass is 169 g/mol. The molecule has 0 unspecified atom stereocenters. The smallest absolute Gasteiger partial charge is 0.0398 e. The van der Waals surface area contributed by atoms with Gasteiger partial charge in [0, 0.05) is 24.0 Å². The summed E-state index contributed by atoms with van der Waals surface area (Å²) in [4.78, 5) is 0. The van der Waals surface area contributed by atoms with Gasteiger partial charge in [0.15, 0.2) is 0 Å². The van der Waals surface area contributed by atoms with Crippen LogP contribution in [0, 0.1) is 5.92 Å². The Balaban J connectivity index is 2.14. The first kappa shape index (κ1) is 7.38. The molecule has 0 amide bonds. The van der Waals surface area contributed by atoms with E-state index in [2.05, 4.69) is 11.4 Å². The molecule has 0 bridgehead atoms. The lowest BCUT2D eigenvalue weighted by atomic mass is 9.88. The Kier molecular flexibility index (Phi) is 2.01. The molecule has 0 saturated carbocycles. The first-order valence-electron chi connectivity index (χ1n) is 4.14. The van der Waals surface area contributed by atoms with Gasteiger partial charge in [0.25, 0.3) is 0 Å². The summed E-state index contributed by atoms with van der Waals surface area (Å²) >= 11 is 6.06. The fourth-order valence-electron chi connectivity index (χ4n) is 1.59. The maximum atomic E-state index is 6.06. The minimum atomic E-state index is 0.729. The zero-order valence-corrected chi connectivity index (χ0v) is 7.19. The van der Waals surface area contributed by atoms with Crippen LogP contribution in [0.4, 0.5) is 0 Å². The molecule has 0 aromatic heterocycles. The molecular weight excluding hydrogens is 158 g/mol. The van der Waals surface area contributed by atoms with Crippen LogP contribution in [-0.4, -0.2) is 13.1 Å². The van der Waals surface area contributed by atoms with Crippen molar-refractivity contribution in [1.82, 2.24) is 5.32 Å². The third-order valence-corrected chi connectivity index (χ3v) is 2.79. The zero-order valence-electron chi connectivity index (χ0n) is 6.44. The first-order chi connectivity index (χ1) is 5.38. The van der Waals surface area contributed by atoms with Crippen LogP contribution < -0.4 is 5.32 Å². The van der Waals surface area contributed by atoms with Crippen molar-refractivity contribution in [3.05, 3.63) is 22.8 Å². The SMILES string of the molecule is ClC1=C(C2CNC2)CCC=C1. The van der Waals surface area contributed by atoms with Crippen LogP contribution in [0.15, 0.2) is 22.8 Å². The number of halogens is 1. The van der Waals surface area contributed by atoms with Crippen LogP contribution in [0.3, 0.4) is 0 Å². The van der Waals surface area contributed by atoms with Gasteiger partial charge in [-0.05, 0) is 24.5 Å². The van der Waals surface area contributed by atoms with E-state index in [1.807, 2.05) is 6.08 Å². The molecule has 1 fully saturated rings. The fourth-order valence-corrected chi connectivity index (χ4v) is 1.92. The zero-order chi connectivity index (χ0) is 7.68. The molecule has 2 rings (SSSR count). The first-order valence-corrected chi connectivity index (χ1v) is 4.51. The molecule has 0 aromatic rings. The maximum Gasteiger partial charge on any atom is 0.0398 e. The van der Waals surface area contributed by atoms with Gasteiger partial charge in [0.1, 0.15) is 0 Å². The molecule has 1 saturated heterocycles. The molecule has 1 aliphatic carbocycles. The van der Waals surface area contributed by atoms with Crippen molar-refractivity contribution in [3.63, 3.8) is 0 Å². The van der Waals surface area contributed by atoms with Gasteiger partial charge in [-0.1, -0.05) is 17.7 Å². The highest BCUT2D eigenvalue weighted by Crippen LogP contribution is 2.29. The van der Waals surface area contributed by atoms with Crippen molar-refractivity contribution in [1.29, 1.82) is 0 Å². The van der Waals surface area contributed by atoms with Crippen LogP contribution in [0.2, 0.25) is 0 Å². The average Bonchev–Trinajstić information content (AvgIpc) is 1.90. The molecule has 2 heteroatoms. The largest absolute Gasteiger partial charge is 0.315 e. The number of allylic oxidation sites excluding steroid dienone is 3. The molecule has 1 aliphatic heterocycles. The molecule has 1 heterocycles. The highest BCUT2D eigenvalue weighted by Gasteiger charge is 2.23. The Labute approximate surface area is 72.1 Å². The molecule has 0 radical (unpaired) electrons. The van der Waals surface area contributed by atoms with Gasteiger partial charge in [-0.15, -0.1) is 0 Å². The number of nitrogens with one attached hydrogen (secondary N) is 1. The summed E-state index contributed by atoms with van der Waals surface area (Å²) in [7, 11) is 0. The van der Waals surface area contributed by atoms with E-state index < -0.39 is 0 Å². The van der Waals surface area contributed by atoms with E-state index in [0.717, 1.165) is 24.0 Å². The van der Waals surface area contributed by atoms with E-state index in [-0.39, 0.29) is 0 Å². The van der Waals surface area contributed by atoms with Crippen molar-refractivity contribution in [3.8, 4) is 0 Å². The van der Waals surface area contributed by atoms with Crippen LogP contribution in [0.5, 0.6) is 0 Å². The average molecular weight is 170 g/mol. The van der Waals surface area contributed by atoms with Gasteiger partial charge >= 0.3 is 0 Å². The molecule has 0 spiro atoms. The van der Waals surface area contributed by atoms with E-state index in [4.69, 9.17) is 11.6 Å². The minimum absolute atomic E-state index is 0.729. The second-order valence-corrected chi connectivity index (χ2v) is 3.58. The standard InChI is InChI=1S/C9H12ClN/c10-9-4-2-1-3-8(9)7-5-11-6-7/h2,4,7,11H,1,3,5-6H2. The van der Waals surface area contributed by atoms with Gasteiger partial charge in [-0.2, -0.15) is 0 Å². The van der Waals surface area contributed by atoms with Crippen LogP contribution in [0.25, 0.3) is 0 Å². The van der Waals surface area contributed by atoms with E-state index in [1.54, 1.807) is 0 Å². The summed E-state index contributed by atoms with van der Waals surface area (Å²) in [5.41, 5.74) is 1.47. The topological polar surface area (TPSA) is 12.0 Å². The summed E-state index contributed by atoms with van der Waals surface area (Å²) < 4.78 is 0. The van der Waals surface area contributed by atoms with Gasteiger partial charge in [-0.25, -0.2) is 0 Å². The predicted octanol–water partition coefficient (Wildman–Crippen LogP) is 2.05. The molecule has 0 aromatic carbocycles. The summed E-state index contributed by atoms with van der Waals surface area (Å²) in [5, 5.41) is 4.25. The van der Waals surface area contributed by atoms with Crippen LogP contribution in [0.1, 0.15) is 12.8 Å². The Morgan fingerprint density at radius 2 is 2.27 bits per heavy atom.